The SMILES string of the molecule is CCOc1nc(N)nc(N(C)C2CCCC2)n1. The molecule has 1 aliphatic carbocycles. The lowest BCUT2D eigenvalue weighted by molar-refractivity contribution is 0.312. The molecule has 0 aromatic carbocycles. The Kier molecular flexibility index (Phi) is 3.61. The Labute approximate surface area is 101 Å². The molecule has 1 aliphatic rings. The van der Waals surface area contributed by atoms with E-state index in [9.17, 15) is 0 Å². The third kappa shape index (κ3) is 2.75. The number of nitrogen functional groups attached to an aromatic ring is 1. The molecule has 17 heavy (non-hydrogen) atoms. The molecule has 0 atom stereocenters. The van der Waals surface area contributed by atoms with Crippen LogP contribution in [0.15, 0.2) is 0 Å². The van der Waals surface area contributed by atoms with Crippen LogP contribution >= 0.6 is 0 Å². The zero-order valence-electron chi connectivity index (χ0n) is 10.4. The Morgan fingerprint density at radius 1 is 1.29 bits per heavy atom. The van der Waals surface area contributed by atoms with Crippen LogP contribution in [0.3, 0.4) is 0 Å². The summed E-state index contributed by atoms with van der Waals surface area (Å²) in [4.78, 5) is 14.4. The van der Waals surface area contributed by atoms with E-state index < -0.39 is 0 Å². The zero-order chi connectivity index (χ0) is 12.3. The number of hydrogen-bond acceptors (Lipinski definition) is 6. The average molecular weight is 237 g/mol. The van der Waals surface area contributed by atoms with Crippen molar-refractivity contribution in [3.8, 4) is 6.01 Å². The Hall–Kier alpha value is -1.59. The van der Waals surface area contributed by atoms with Gasteiger partial charge in [-0.3, -0.25) is 0 Å². The molecular formula is C11H19N5O. The molecule has 2 N–H and O–H groups in total. The van der Waals surface area contributed by atoms with E-state index in [2.05, 4.69) is 19.9 Å². The highest BCUT2D eigenvalue weighted by molar-refractivity contribution is 5.36. The fraction of sp³-hybridized carbons (Fsp3) is 0.727. The van der Waals surface area contributed by atoms with Gasteiger partial charge in [-0.05, 0) is 19.8 Å². The molecule has 0 bridgehead atoms. The normalized spacial score (nSPS) is 16.1. The van der Waals surface area contributed by atoms with Crippen molar-refractivity contribution in [2.75, 3.05) is 24.3 Å². The molecule has 6 nitrogen and oxygen atoms in total. The second-order valence-corrected chi connectivity index (χ2v) is 4.26. The second kappa shape index (κ2) is 5.16. The predicted octanol–water partition coefficient (Wildman–Crippen LogP) is 1.23. The monoisotopic (exact) mass is 237 g/mol. The maximum Gasteiger partial charge on any atom is 0.323 e. The van der Waals surface area contributed by atoms with Crippen molar-refractivity contribution >= 4 is 11.9 Å². The lowest BCUT2D eigenvalue weighted by Gasteiger charge is -2.24. The van der Waals surface area contributed by atoms with E-state index in [1.807, 2.05) is 14.0 Å². The molecule has 1 aromatic heterocycles. The van der Waals surface area contributed by atoms with E-state index in [0.29, 0.717) is 24.6 Å². The fourth-order valence-electron chi connectivity index (χ4n) is 2.17. The first kappa shape index (κ1) is 11.9. The van der Waals surface area contributed by atoms with Gasteiger partial charge in [0.05, 0.1) is 6.61 Å². The first-order chi connectivity index (χ1) is 8.20. The predicted molar refractivity (Wildman–Crippen MR) is 66.1 cm³/mol. The molecule has 0 unspecified atom stereocenters. The molecule has 1 aromatic rings. The van der Waals surface area contributed by atoms with Crippen molar-refractivity contribution in [1.29, 1.82) is 0 Å². The van der Waals surface area contributed by atoms with Crippen molar-refractivity contribution in [2.45, 2.75) is 38.6 Å². The van der Waals surface area contributed by atoms with Crippen LogP contribution in [0.5, 0.6) is 6.01 Å². The maximum absolute atomic E-state index is 5.66. The summed E-state index contributed by atoms with van der Waals surface area (Å²) in [5.41, 5.74) is 5.66. The van der Waals surface area contributed by atoms with Crippen LogP contribution < -0.4 is 15.4 Å². The van der Waals surface area contributed by atoms with Gasteiger partial charge in [0, 0.05) is 13.1 Å². The minimum Gasteiger partial charge on any atom is -0.464 e. The van der Waals surface area contributed by atoms with Gasteiger partial charge in [-0.25, -0.2) is 0 Å². The number of rotatable bonds is 4. The Balaban J connectivity index is 2.18. The van der Waals surface area contributed by atoms with Crippen LogP contribution in [0, 0.1) is 0 Å². The second-order valence-electron chi connectivity index (χ2n) is 4.26. The van der Waals surface area contributed by atoms with Crippen LogP contribution in [0.4, 0.5) is 11.9 Å². The van der Waals surface area contributed by atoms with E-state index in [1.54, 1.807) is 0 Å². The highest BCUT2D eigenvalue weighted by Crippen LogP contribution is 2.25. The number of hydrogen-bond donors (Lipinski definition) is 1. The van der Waals surface area contributed by atoms with Crippen molar-refractivity contribution in [1.82, 2.24) is 15.0 Å². The highest BCUT2D eigenvalue weighted by atomic mass is 16.5. The van der Waals surface area contributed by atoms with E-state index in [0.717, 1.165) is 0 Å². The lowest BCUT2D eigenvalue weighted by atomic mass is 10.2. The summed E-state index contributed by atoms with van der Waals surface area (Å²) in [6, 6.07) is 0.811. The molecular weight excluding hydrogens is 218 g/mol. The molecule has 6 heteroatoms. The van der Waals surface area contributed by atoms with Crippen molar-refractivity contribution < 1.29 is 4.74 Å². The maximum atomic E-state index is 5.66. The van der Waals surface area contributed by atoms with Gasteiger partial charge >= 0.3 is 6.01 Å². The van der Waals surface area contributed by atoms with E-state index in [1.165, 1.54) is 25.7 Å². The zero-order valence-corrected chi connectivity index (χ0v) is 10.4. The van der Waals surface area contributed by atoms with Crippen LogP contribution in [-0.4, -0.2) is 34.6 Å². The van der Waals surface area contributed by atoms with Crippen molar-refractivity contribution in [3.05, 3.63) is 0 Å². The number of nitrogens with zero attached hydrogens (tertiary/aromatic N) is 4. The van der Waals surface area contributed by atoms with E-state index in [4.69, 9.17) is 10.5 Å². The molecule has 0 aliphatic heterocycles. The Morgan fingerprint density at radius 2 is 2.00 bits per heavy atom. The summed E-state index contributed by atoms with van der Waals surface area (Å²) < 4.78 is 5.27. The van der Waals surface area contributed by atoms with Crippen molar-refractivity contribution in [3.63, 3.8) is 0 Å². The molecule has 0 saturated heterocycles. The quantitative estimate of drug-likeness (QED) is 0.848. The summed E-state index contributed by atoms with van der Waals surface area (Å²) in [7, 11) is 2.00. The van der Waals surface area contributed by atoms with Gasteiger partial charge in [0.25, 0.3) is 0 Å². The van der Waals surface area contributed by atoms with Crippen molar-refractivity contribution in [2.24, 2.45) is 0 Å². The fourth-order valence-corrected chi connectivity index (χ4v) is 2.17. The first-order valence-electron chi connectivity index (χ1n) is 6.08. The summed E-state index contributed by atoms with van der Waals surface area (Å²) in [5, 5.41) is 0. The Bertz CT molecular complexity index is 378. The highest BCUT2D eigenvalue weighted by Gasteiger charge is 2.22. The van der Waals surface area contributed by atoms with Crippen LogP contribution in [0.2, 0.25) is 0 Å². The smallest absolute Gasteiger partial charge is 0.323 e. The van der Waals surface area contributed by atoms with Crippen LogP contribution in [0.1, 0.15) is 32.6 Å². The summed E-state index contributed by atoms with van der Waals surface area (Å²) in [6.45, 7) is 2.41. The van der Waals surface area contributed by atoms with Gasteiger partial charge in [0.2, 0.25) is 11.9 Å². The number of aromatic nitrogens is 3. The standard InChI is InChI=1S/C11H19N5O/c1-3-17-11-14-9(12)13-10(15-11)16(2)8-6-4-5-7-8/h8H,3-7H2,1-2H3,(H2,12,13,14,15). The topological polar surface area (TPSA) is 77.2 Å². The molecule has 0 radical (unpaired) electrons. The number of ether oxygens (including phenoxy) is 1. The molecule has 1 saturated carbocycles. The van der Waals surface area contributed by atoms with Gasteiger partial charge in [-0.2, -0.15) is 15.0 Å². The summed E-state index contributed by atoms with van der Waals surface area (Å²) >= 11 is 0. The van der Waals surface area contributed by atoms with E-state index >= 15 is 0 Å². The molecule has 0 amide bonds. The van der Waals surface area contributed by atoms with Gasteiger partial charge in [-0.1, -0.05) is 12.8 Å². The third-order valence-electron chi connectivity index (χ3n) is 3.08. The first-order valence-corrected chi connectivity index (χ1v) is 6.08. The Morgan fingerprint density at radius 3 is 2.65 bits per heavy atom. The number of anilines is 2. The van der Waals surface area contributed by atoms with E-state index in [-0.39, 0.29) is 5.95 Å². The van der Waals surface area contributed by atoms with Gasteiger partial charge in [-0.15, -0.1) is 0 Å². The molecule has 1 heterocycles. The summed E-state index contributed by atoms with van der Waals surface area (Å²) in [5.74, 6) is 0.816. The van der Waals surface area contributed by atoms with Crippen LogP contribution in [-0.2, 0) is 0 Å². The minimum atomic E-state index is 0.211. The van der Waals surface area contributed by atoms with Gasteiger partial charge in [0.15, 0.2) is 0 Å². The number of nitrogens with two attached hydrogens (primary N) is 1. The van der Waals surface area contributed by atoms with Gasteiger partial charge < -0.3 is 15.4 Å². The summed E-state index contributed by atoms with van der Waals surface area (Å²) in [6.07, 6.45) is 4.92. The average Bonchev–Trinajstić information content (AvgIpc) is 2.81. The lowest BCUT2D eigenvalue weighted by Crippen LogP contribution is -2.30. The molecule has 94 valence electrons. The molecule has 2 rings (SSSR count). The van der Waals surface area contributed by atoms with Crippen LogP contribution in [0.25, 0.3) is 0 Å². The molecule has 1 fully saturated rings. The minimum absolute atomic E-state index is 0.211. The molecule has 0 spiro atoms. The third-order valence-corrected chi connectivity index (χ3v) is 3.08. The van der Waals surface area contributed by atoms with Gasteiger partial charge in [0.1, 0.15) is 0 Å². The largest absolute Gasteiger partial charge is 0.464 e.